The fourth-order valence-electron chi connectivity index (χ4n) is 1.67. The minimum atomic E-state index is -0.814. The highest BCUT2D eigenvalue weighted by atomic mass is 19.1. The van der Waals surface area contributed by atoms with Crippen LogP contribution in [0.1, 0.15) is 44.5 Å². The molecule has 0 aliphatic rings. The van der Waals surface area contributed by atoms with Crippen LogP contribution in [0.4, 0.5) is 13.6 Å². The predicted molar refractivity (Wildman–Crippen MR) is 74.1 cm³/mol. The number of ether oxygens (including phenoxy) is 1. The highest BCUT2D eigenvalue weighted by Crippen LogP contribution is 2.12. The third-order valence-corrected chi connectivity index (χ3v) is 2.44. The van der Waals surface area contributed by atoms with Crippen molar-refractivity contribution < 1.29 is 23.1 Å². The van der Waals surface area contributed by atoms with Gasteiger partial charge < -0.3 is 10.1 Å². The van der Waals surface area contributed by atoms with Gasteiger partial charge in [-0.25, -0.2) is 13.6 Å². The van der Waals surface area contributed by atoms with Gasteiger partial charge in [0.15, 0.2) is 5.78 Å². The Morgan fingerprint density at radius 3 is 2.19 bits per heavy atom. The SMILES string of the molecule is CC(CC(=O)c1cc(F)cc(F)c1)NC(=O)OC(C)(C)C. The third kappa shape index (κ3) is 6.33. The molecule has 0 aliphatic carbocycles. The lowest BCUT2D eigenvalue weighted by molar-refractivity contribution is 0.0506. The van der Waals surface area contributed by atoms with Crippen molar-refractivity contribution in [3.63, 3.8) is 0 Å². The molecule has 0 bridgehead atoms. The molecule has 1 unspecified atom stereocenters. The van der Waals surface area contributed by atoms with Gasteiger partial charge in [-0.3, -0.25) is 4.79 Å². The molecule has 0 spiro atoms. The second-order valence-electron chi connectivity index (χ2n) is 5.83. The summed E-state index contributed by atoms with van der Waals surface area (Å²) < 4.78 is 31.1. The number of ketones is 1. The fourth-order valence-corrected chi connectivity index (χ4v) is 1.67. The molecule has 1 aromatic rings. The zero-order chi connectivity index (χ0) is 16.2. The van der Waals surface area contributed by atoms with E-state index < -0.39 is 35.2 Å². The summed E-state index contributed by atoms with van der Waals surface area (Å²) in [6.07, 6.45) is -0.726. The summed E-state index contributed by atoms with van der Waals surface area (Å²) in [7, 11) is 0. The molecular formula is C15H19F2NO3. The molecule has 0 fully saturated rings. The topological polar surface area (TPSA) is 55.4 Å². The van der Waals surface area contributed by atoms with Gasteiger partial charge in [-0.2, -0.15) is 0 Å². The zero-order valence-electron chi connectivity index (χ0n) is 12.5. The molecule has 6 heteroatoms. The van der Waals surface area contributed by atoms with Crippen LogP contribution in [-0.4, -0.2) is 23.5 Å². The standard InChI is InChI=1S/C15H19F2NO3/c1-9(18-14(20)21-15(2,3)4)5-13(19)10-6-11(16)8-12(17)7-10/h6-9H,5H2,1-4H3,(H,18,20). The van der Waals surface area contributed by atoms with Gasteiger partial charge in [0.05, 0.1) is 0 Å². The second kappa shape index (κ2) is 6.65. The molecule has 4 nitrogen and oxygen atoms in total. The van der Waals surface area contributed by atoms with Crippen LogP contribution in [0.3, 0.4) is 0 Å². The fraction of sp³-hybridized carbons (Fsp3) is 0.467. The van der Waals surface area contributed by atoms with Crippen molar-refractivity contribution in [3.05, 3.63) is 35.4 Å². The summed E-state index contributed by atoms with van der Waals surface area (Å²) in [6, 6.07) is 2.11. The number of amides is 1. The van der Waals surface area contributed by atoms with E-state index in [-0.39, 0.29) is 12.0 Å². The molecule has 1 amide bonds. The first-order valence-electron chi connectivity index (χ1n) is 6.55. The van der Waals surface area contributed by atoms with Crippen LogP contribution in [0.2, 0.25) is 0 Å². The van der Waals surface area contributed by atoms with Crippen LogP contribution < -0.4 is 5.32 Å². The van der Waals surface area contributed by atoms with Gasteiger partial charge >= 0.3 is 6.09 Å². The predicted octanol–water partition coefficient (Wildman–Crippen LogP) is 3.45. The Balaban J connectivity index is 2.60. The van der Waals surface area contributed by atoms with Gasteiger partial charge in [-0.15, -0.1) is 0 Å². The van der Waals surface area contributed by atoms with Gasteiger partial charge in [0, 0.05) is 24.1 Å². The number of hydrogen-bond acceptors (Lipinski definition) is 3. The molecule has 0 aromatic heterocycles. The molecule has 0 saturated heterocycles. The quantitative estimate of drug-likeness (QED) is 0.866. The number of carbonyl (C=O) groups excluding carboxylic acids is 2. The maximum atomic E-state index is 13.0. The Morgan fingerprint density at radius 2 is 1.71 bits per heavy atom. The number of alkyl carbamates (subject to hydrolysis) is 1. The highest BCUT2D eigenvalue weighted by molar-refractivity contribution is 5.96. The van der Waals surface area contributed by atoms with Crippen molar-refractivity contribution >= 4 is 11.9 Å². The summed E-state index contributed by atoms with van der Waals surface area (Å²) >= 11 is 0. The average Bonchev–Trinajstić information content (AvgIpc) is 2.23. The van der Waals surface area contributed by atoms with Crippen LogP contribution in [0, 0.1) is 11.6 Å². The van der Waals surface area contributed by atoms with E-state index in [1.54, 1.807) is 27.7 Å². The maximum absolute atomic E-state index is 13.0. The molecule has 0 saturated carbocycles. The van der Waals surface area contributed by atoms with Crippen molar-refractivity contribution in [2.24, 2.45) is 0 Å². The first-order chi connectivity index (χ1) is 9.56. The highest BCUT2D eigenvalue weighted by Gasteiger charge is 2.19. The second-order valence-corrected chi connectivity index (χ2v) is 5.83. The molecular weight excluding hydrogens is 280 g/mol. The van der Waals surface area contributed by atoms with Gasteiger partial charge in [-0.1, -0.05) is 0 Å². The molecule has 0 radical (unpaired) electrons. The van der Waals surface area contributed by atoms with Crippen LogP contribution >= 0.6 is 0 Å². The number of benzene rings is 1. The number of carbonyl (C=O) groups is 2. The minimum Gasteiger partial charge on any atom is -0.444 e. The average molecular weight is 299 g/mol. The van der Waals surface area contributed by atoms with E-state index in [2.05, 4.69) is 5.32 Å². The molecule has 116 valence electrons. The maximum Gasteiger partial charge on any atom is 0.407 e. The molecule has 1 atom stereocenters. The van der Waals surface area contributed by atoms with E-state index in [0.717, 1.165) is 12.1 Å². The molecule has 21 heavy (non-hydrogen) atoms. The van der Waals surface area contributed by atoms with Crippen molar-refractivity contribution in [3.8, 4) is 0 Å². The number of Topliss-reactive ketones (excluding diaryl/α,β-unsaturated/α-hetero) is 1. The van der Waals surface area contributed by atoms with Crippen LogP contribution in [0.5, 0.6) is 0 Å². The van der Waals surface area contributed by atoms with Crippen molar-refractivity contribution in [1.29, 1.82) is 0 Å². The monoisotopic (exact) mass is 299 g/mol. The van der Waals surface area contributed by atoms with Gasteiger partial charge in [-0.05, 0) is 39.8 Å². The number of hydrogen-bond donors (Lipinski definition) is 1. The number of rotatable bonds is 4. The van der Waals surface area contributed by atoms with Crippen molar-refractivity contribution in [1.82, 2.24) is 5.32 Å². The molecule has 1 N–H and O–H groups in total. The van der Waals surface area contributed by atoms with Crippen LogP contribution in [-0.2, 0) is 4.74 Å². The summed E-state index contributed by atoms with van der Waals surface area (Å²) in [4.78, 5) is 23.4. The Hall–Kier alpha value is -1.98. The smallest absolute Gasteiger partial charge is 0.407 e. The largest absolute Gasteiger partial charge is 0.444 e. The molecule has 1 aromatic carbocycles. The van der Waals surface area contributed by atoms with E-state index in [4.69, 9.17) is 4.74 Å². The lowest BCUT2D eigenvalue weighted by atomic mass is 10.0. The van der Waals surface area contributed by atoms with Crippen LogP contribution in [0.15, 0.2) is 18.2 Å². The van der Waals surface area contributed by atoms with Gasteiger partial charge in [0.25, 0.3) is 0 Å². The van der Waals surface area contributed by atoms with Gasteiger partial charge in [0.2, 0.25) is 0 Å². The third-order valence-electron chi connectivity index (χ3n) is 2.44. The molecule has 0 heterocycles. The van der Waals surface area contributed by atoms with Crippen molar-refractivity contribution in [2.45, 2.75) is 45.8 Å². The Labute approximate surface area is 122 Å². The van der Waals surface area contributed by atoms with E-state index in [1.165, 1.54) is 0 Å². The normalized spacial score (nSPS) is 12.7. The first kappa shape index (κ1) is 17.1. The van der Waals surface area contributed by atoms with E-state index in [1.807, 2.05) is 0 Å². The molecule has 1 rings (SSSR count). The van der Waals surface area contributed by atoms with E-state index >= 15 is 0 Å². The van der Waals surface area contributed by atoms with Crippen LogP contribution in [0.25, 0.3) is 0 Å². The summed E-state index contributed by atoms with van der Waals surface area (Å²) in [5.74, 6) is -2.09. The lowest BCUT2D eigenvalue weighted by Crippen LogP contribution is -2.38. The summed E-state index contributed by atoms with van der Waals surface area (Å²) in [5, 5.41) is 2.50. The summed E-state index contributed by atoms with van der Waals surface area (Å²) in [6.45, 7) is 6.77. The van der Waals surface area contributed by atoms with E-state index in [9.17, 15) is 18.4 Å². The number of halogens is 2. The first-order valence-corrected chi connectivity index (χ1v) is 6.55. The molecule has 0 aliphatic heterocycles. The Kier molecular flexibility index (Phi) is 5.41. The summed E-state index contributed by atoms with van der Waals surface area (Å²) in [5.41, 5.74) is -0.704. The van der Waals surface area contributed by atoms with E-state index in [0.29, 0.717) is 6.07 Å². The zero-order valence-corrected chi connectivity index (χ0v) is 12.5. The Bertz CT molecular complexity index is 518. The lowest BCUT2D eigenvalue weighted by Gasteiger charge is -2.21. The number of nitrogens with one attached hydrogen (secondary N) is 1. The van der Waals surface area contributed by atoms with Crippen molar-refractivity contribution in [2.75, 3.05) is 0 Å². The Morgan fingerprint density at radius 1 is 1.19 bits per heavy atom. The van der Waals surface area contributed by atoms with Gasteiger partial charge in [0.1, 0.15) is 17.2 Å². The minimum absolute atomic E-state index is 0.0645.